The smallest absolute Gasteiger partial charge is 0.247 e. The van der Waals surface area contributed by atoms with E-state index < -0.39 is 155 Å². The molecule has 3 aromatic carbocycles. The first-order chi connectivity index (χ1) is 51.2. The van der Waals surface area contributed by atoms with Crippen molar-refractivity contribution in [2.75, 3.05) is 36.2 Å². The van der Waals surface area contributed by atoms with Gasteiger partial charge < -0.3 is 68.5 Å². The number of nitrogens with zero attached hydrogens (tertiary/aromatic N) is 3. The normalized spacial score (nSPS) is 26.0. The number of carbonyl (C=O) groups is 12. The molecule has 4 aliphatic heterocycles. The van der Waals surface area contributed by atoms with Crippen LogP contribution in [0.2, 0.25) is 0 Å². The number of carbonyl (C=O) groups excluding carboxylic acids is 12. The van der Waals surface area contributed by atoms with E-state index in [0.29, 0.717) is 60.2 Å². The number of Topliss-reactive ketones (excluding diaryl/α,β-unsaturated/α-hetero) is 4. The number of amides is 8. The number of hydrogen-bond donors (Lipinski definition) is 12. The van der Waals surface area contributed by atoms with Crippen molar-refractivity contribution in [3.05, 3.63) is 138 Å². The van der Waals surface area contributed by atoms with E-state index in [4.69, 9.17) is 11.5 Å². The van der Waals surface area contributed by atoms with E-state index in [1.54, 1.807) is 55.9 Å². The Morgan fingerprint density at radius 2 is 1.08 bits per heavy atom. The summed E-state index contributed by atoms with van der Waals surface area (Å²) in [6.07, 6.45) is 10.4. The second kappa shape index (κ2) is 38.9. The number of ketones is 4. The maximum atomic E-state index is 15.8. The van der Waals surface area contributed by atoms with Gasteiger partial charge in [-0.25, -0.2) is 4.98 Å². The number of hydrogen-bond acceptors (Lipinski definition) is 19. The Bertz CT molecular complexity index is 4180. The van der Waals surface area contributed by atoms with E-state index in [1.165, 1.54) is 36.1 Å². The second-order valence-electron chi connectivity index (χ2n) is 27.8. The van der Waals surface area contributed by atoms with Gasteiger partial charge in [-0.1, -0.05) is 108 Å². The molecule has 14 N–H and O–H groups in total. The number of rotatable bonds is 18. The molecule has 0 spiro atoms. The molecule has 30 heteroatoms. The fourth-order valence-corrected chi connectivity index (χ4v) is 17.4. The van der Waals surface area contributed by atoms with Gasteiger partial charge in [0, 0.05) is 157 Å². The first kappa shape index (κ1) is 79.3. The van der Waals surface area contributed by atoms with Gasteiger partial charge in [0.05, 0.1) is 18.2 Å². The Hall–Kier alpha value is -9.23. The van der Waals surface area contributed by atoms with Gasteiger partial charge >= 0.3 is 0 Å². The summed E-state index contributed by atoms with van der Waals surface area (Å²) in [5, 5.41) is 21.5. The molecule has 0 radical (unpaired) electrons. The van der Waals surface area contributed by atoms with Crippen LogP contribution in [0, 0.1) is 23.7 Å². The van der Waals surface area contributed by atoms with E-state index in [1.807, 2.05) is 54.6 Å². The zero-order chi connectivity index (χ0) is 75.2. The molecule has 10 rings (SSSR count). The number of unbranched alkanes of at least 4 members (excludes halogenated alkanes) is 2. The quantitative estimate of drug-likeness (QED) is 0.0410. The van der Waals surface area contributed by atoms with E-state index in [-0.39, 0.29) is 94.0 Å². The summed E-state index contributed by atoms with van der Waals surface area (Å²) >= 11 is 1.25. The van der Waals surface area contributed by atoms with Gasteiger partial charge in [0.25, 0.3) is 0 Å². The number of aromatic amines is 3. The Morgan fingerprint density at radius 3 is 1.76 bits per heavy atom. The summed E-state index contributed by atoms with van der Waals surface area (Å²) in [6.45, 7) is 3.54. The van der Waals surface area contributed by atoms with Crippen LogP contribution in [0.25, 0.3) is 21.8 Å². The number of para-hydroxylation sites is 2. The fourth-order valence-electron chi connectivity index (χ4n) is 13.8. The number of allylic oxidation sites excluding steroid dienone is 1. The van der Waals surface area contributed by atoms with Crippen LogP contribution in [0.1, 0.15) is 113 Å². The molecule has 0 saturated carbocycles. The maximum absolute atomic E-state index is 15.8. The van der Waals surface area contributed by atoms with Crippen molar-refractivity contribution in [1.82, 2.24) is 62.1 Å². The highest BCUT2D eigenvalue weighted by Gasteiger charge is 2.43. The Kier molecular flexibility index (Phi) is 29.1. The molecule has 12 atom stereocenters. The summed E-state index contributed by atoms with van der Waals surface area (Å²) in [7, 11) is 2.22. The molecule has 2 bridgehead atoms. The molecule has 7 heterocycles. The van der Waals surface area contributed by atoms with Gasteiger partial charge in [0.1, 0.15) is 59.6 Å². The van der Waals surface area contributed by atoms with Crippen LogP contribution < -0.4 is 48.7 Å². The van der Waals surface area contributed by atoms with Crippen LogP contribution in [-0.2, 0) is 83.2 Å². The van der Waals surface area contributed by atoms with Gasteiger partial charge in [0.2, 0.25) is 47.3 Å². The number of nitrogens with two attached hydrogens (primary N) is 2. The molecular weight excluding hydrogens is 1410 g/mol. The van der Waals surface area contributed by atoms with Crippen LogP contribution in [-0.4, -0.2) is 186 Å². The molecule has 106 heavy (non-hydrogen) atoms. The number of fused-ring (bicyclic) bond motifs is 8. The first-order valence-electron chi connectivity index (χ1n) is 36.3. The summed E-state index contributed by atoms with van der Waals surface area (Å²) in [4.78, 5) is 201. The third kappa shape index (κ3) is 21.7. The van der Waals surface area contributed by atoms with Gasteiger partial charge in [0.15, 0.2) is 5.78 Å². The average Bonchev–Trinajstić information content (AvgIpc) is 1.66. The van der Waals surface area contributed by atoms with Crippen LogP contribution >= 0.6 is 33.3 Å². The van der Waals surface area contributed by atoms with E-state index in [9.17, 15) is 19.2 Å². The Labute approximate surface area is 627 Å². The summed E-state index contributed by atoms with van der Waals surface area (Å²) in [6, 6.07) is 12.9. The van der Waals surface area contributed by atoms with Crippen molar-refractivity contribution < 1.29 is 57.5 Å². The molecule has 0 unspecified atom stereocenters. The third-order valence-corrected chi connectivity index (χ3v) is 23.4. The molecule has 3 fully saturated rings. The predicted octanol–water partition coefficient (Wildman–Crippen LogP) is 4.69. The van der Waals surface area contributed by atoms with E-state index in [0.717, 1.165) is 43.4 Å². The zero-order valence-corrected chi connectivity index (χ0v) is 62.0. The second-order valence-corrected chi connectivity index (χ2v) is 31.3. The summed E-state index contributed by atoms with van der Waals surface area (Å²) in [5.74, 6) is -12.5. The molecule has 4 aliphatic rings. The standard InChI is InChI=1S/C76H95N15O12S3/c1-44-27-65(92)47(17-10-12-24-77)31-67(94)51-33-66(93)48(29-49-36-81-56-21-8-6-19-54(49)56)32-68(95)59(34-52-18-14-26-80-52)86-72(99)60(28-46-15-4-3-5-16-46)88-74(101)62(35-53-38-79-42-83-53)89-75(102)64-41-104-43-91(64)76(103)63(40-106-105-39-51)90-73(100)61(30-50-37-82-57-22-9-7-20-55(50)57)87-70(97)45(2)84-71(98)58(85-69(44)96)23-11-13-25-78/h3-9,15-16,18-22,26,36-38,42,44-45,47-48,51,58-64,81-82H,10-14,17,23-25,27-35,39-41,43,77-78H2,1-2H3,(H,79,83)(H,84,98)(H,85,96)(H,86,99)(H,87,97)(H,88,101)(H,89,102)(H,90,100)/t44-,45+,47-,48-,51+,58+,59+,60-,61+,62+,63+,64+/m1/s1. The lowest BCUT2D eigenvalue weighted by Gasteiger charge is -2.30. The highest BCUT2D eigenvalue weighted by Crippen LogP contribution is 2.34. The number of nitrogens with one attached hydrogen (secondary N) is 10. The van der Waals surface area contributed by atoms with Crippen LogP contribution in [0.3, 0.4) is 0 Å². The van der Waals surface area contributed by atoms with Crippen molar-refractivity contribution in [2.24, 2.45) is 40.1 Å². The van der Waals surface area contributed by atoms with Crippen LogP contribution in [0.4, 0.5) is 0 Å². The molecule has 564 valence electrons. The fraction of sp³-hybridized carbons (Fsp3) is 0.474. The van der Waals surface area contributed by atoms with Crippen molar-refractivity contribution in [3.8, 4) is 0 Å². The number of thioether (sulfide) groups is 1. The molecule has 6 aromatic rings. The largest absolute Gasteiger partial charge is 0.361 e. The molecule has 8 amide bonds. The molecule has 0 aliphatic carbocycles. The van der Waals surface area contributed by atoms with Gasteiger partial charge in [-0.3, -0.25) is 62.5 Å². The summed E-state index contributed by atoms with van der Waals surface area (Å²) in [5.41, 5.74) is 16.2. The number of aliphatic imine (C=N–C) groups is 1. The third-order valence-electron chi connectivity index (χ3n) is 19.9. The molecular formula is C76H95N15O12S3. The molecule has 27 nitrogen and oxygen atoms in total. The lowest BCUT2D eigenvalue weighted by Crippen LogP contribution is -2.61. The zero-order valence-electron chi connectivity index (χ0n) is 59.6. The van der Waals surface area contributed by atoms with Crippen LogP contribution in [0.15, 0.2) is 121 Å². The van der Waals surface area contributed by atoms with Crippen molar-refractivity contribution in [2.45, 2.75) is 165 Å². The molecule has 3 aromatic heterocycles. The van der Waals surface area contributed by atoms with Crippen molar-refractivity contribution >= 4 is 132 Å². The SMILES string of the molecule is C[C@@H]1CC(=O)[C@H](CCCCN)CC(=O)[C@@H]2CSSC[C@H](NC(=O)[C@H](Cc3c[nH]c4ccccc34)NC(=O)[C@H](C)NC(=O)[C@H](CCCCN)NC1=O)C(=O)N1CSC[C@H]1C(=O)N[C@@H](Cc1cnc[nH]1)C(=O)N[C@H](Cc1ccccc1)C(=O)N[C@@H](CC1=CCC=N1)C(=O)C[C@@H](Cc1c[nH]c3ccccc13)C(=O)C2. The molecule has 3 saturated heterocycles. The highest BCUT2D eigenvalue weighted by molar-refractivity contribution is 8.76. The average molecular weight is 1510 g/mol. The van der Waals surface area contributed by atoms with E-state index in [2.05, 4.69) is 62.1 Å². The minimum absolute atomic E-state index is 0.00462. The lowest BCUT2D eigenvalue weighted by molar-refractivity contribution is -0.141. The van der Waals surface area contributed by atoms with Gasteiger partial charge in [-0.05, 0) is 87.4 Å². The van der Waals surface area contributed by atoms with E-state index >= 15 is 38.4 Å². The lowest BCUT2D eigenvalue weighted by atomic mass is 9.81. The number of benzene rings is 3. The topological polar surface area (TPSA) is 417 Å². The van der Waals surface area contributed by atoms with Crippen molar-refractivity contribution in [3.63, 3.8) is 0 Å². The monoisotopic (exact) mass is 1510 g/mol. The van der Waals surface area contributed by atoms with Crippen LogP contribution in [0.5, 0.6) is 0 Å². The number of aromatic nitrogens is 4. The van der Waals surface area contributed by atoms with Crippen molar-refractivity contribution in [1.29, 1.82) is 0 Å². The summed E-state index contributed by atoms with van der Waals surface area (Å²) < 4.78 is 0. The van der Waals surface area contributed by atoms with Gasteiger partial charge in [-0.2, -0.15) is 0 Å². The predicted molar refractivity (Wildman–Crippen MR) is 408 cm³/mol. The first-order valence-corrected chi connectivity index (χ1v) is 40.0. The maximum Gasteiger partial charge on any atom is 0.247 e. The highest BCUT2D eigenvalue weighted by atomic mass is 33.1. The van der Waals surface area contributed by atoms with Gasteiger partial charge in [-0.15, -0.1) is 11.8 Å². The minimum Gasteiger partial charge on any atom is -0.361 e. The number of H-pyrrole nitrogens is 3. The minimum atomic E-state index is -1.48. The number of imidazole rings is 1. The Balaban J connectivity index is 1.08. The Morgan fingerprint density at radius 1 is 0.500 bits per heavy atom.